The van der Waals surface area contributed by atoms with Crippen LogP contribution in [0.3, 0.4) is 0 Å². The highest BCUT2D eigenvalue weighted by molar-refractivity contribution is 5.36. The first-order chi connectivity index (χ1) is 9.85. The molecule has 0 N–H and O–H groups in total. The summed E-state index contributed by atoms with van der Waals surface area (Å²) in [6, 6.07) is 7.73. The fraction of sp³-hybridized carbons (Fsp3) is 0.579. The molecule has 1 fully saturated rings. The van der Waals surface area contributed by atoms with Crippen molar-refractivity contribution in [2.24, 2.45) is 0 Å². The summed E-state index contributed by atoms with van der Waals surface area (Å²) >= 11 is 0. The van der Waals surface area contributed by atoms with Crippen molar-refractivity contribution in [3.63, 3.8) is 0 Å². The van der Waals surface area contributed by atoms with Crippen molar-refractivity contribution in [2.45, 2.75) is 58.0 Å². The van der Waals surface area contributed by atoms with Crippen LogP contribution < -0.4 is 4.74 Å². The lowest BCUT2D eigenvalue weighted by Gasteiger charge is -2.53. The average molecular weight is 285 g/mol. The normalized spacial score (nSPS) is 20.7. The van der Waals surface area contributed by atoms with E-state index < -0.39 is 0 Å². The van der Waals surface area contributed by atoms with Crippen molar-refractivity contribution in [2.75, 3.05) is 13.2 Å². The number of terminal acetylenes is 1. The van der Waals surface area contributed by atoms with E-state index in [0.29, 0.717) is 6.61 Å². The van der Waals surface area contributed by atoms with Crippen LogP contribution in [0.4, 0.5) is 0 Å². The molecule has 21 heavy (non-hydrogen) atoms. The molecule has 1 aliphatic rings. The molecule has 1 saturated heterocycles. The Bertz CT molecular complexity index is 491. The molecule has 0 aliphatic carbocycles. The molecule has 0 saturated carbocycles. The third kappa shape index (κ3) is 3.80. The molecular formula is C19H27NO. The second kappa shape index (κ2) is 6.12. The zero-order valence-corrected chi connectivity index (χ0v) is 13.8. The third-order valence-electron chi connectivity index (χ3n) is 4.64. The Labute approximate surface area is 129 Å². The fourth-order valence-corrected chi connectivity index (χ4v) is 3.55. The minimum atomic E-state index is 0.248. The minimum Gasteiger partial charge on any atom is -0.492 e. The molecular weight excluding hydrogens is 258 g/mol. The highest BCUT2D eigenvalue weighted by Gasteiger charge is 2.40. The summed E-state index contributed by atoms with van der Waals surface area (Å²) < 4.78 is 5.88. The Morgan fingerprint density at radius 3 is 2.19 bits per heavy atom. The van der Waals surface area contributed by atoms with Gasteiger partial charge in [-0.1, -0.05) is 5.92 Å². The second-order valence-electron chi connectivity index (χ2n) is 7.15. The van der Waals surface area contributed by atoms with E-state index in [1.807, 2.05) is 24.3 Å². The van der Waals surface area contributed by atoms with Gasteiger partial charge in [0.05, 0.1) is 0 Å². The Morgan fingerprint density at radius 1 is 1.10 bits per heavy atom. The van der Waals surface area contributed by atoms with Gasteiger partial charge in [-0.15, -0.1) is 6.42 Å². The molecule has 1 aliphatic heterocycles. The van der Waals surface area contributed by atoms with Gasteiger partial charge in [-0.3, -0.25) is 4.90 Å². The number of ether oxygens (including phenoxy) is 1. The van der Waals surface area contributed by atoms with E-state index in [9.17, 15) is 0 Å². The summed E-state index contributed by atoms with van der Waals surface area (Å²) in [5.41, 5.74) is 1.39. The first-order valence-electron chi connectivity index (χ1n) is 7.82. The first kappa shape index (κ1) is 15.9. The molecule has 114 valence electrons. The van der Waals surface area contributed by atoms with Crippen LogP contribution >= 0.6 is 0 Å². The molecule has 0 radical (unpaired) electrons. The van der Waals surface area contributed by atoms with Gasteiger partial charge in [0, 0.05) is 23.2 Å². The predicted molar refractivity (Wildman–Crippen MR) is 88.6 cm³/mol. The molecule has 0 aromatic heterocycles. The van der Waals surface area contributed by atoms with Gasteiger partial charge in [0.1, 0.15) is 12.4 Å². The highest BCUT2D eigenvalue weighted by Crippen LogP contribution is 2.37. The molecule has 2 nitrogen and oxygen atoms in total. The molecule has 2 rings (SSSR count). The molecule has 1 aromatic rings. The van der Waals surface area contributed by atoms with Gasteiger partial charge in [-0.2, -0.15) is 0 Å². The standard InChI is InChI=1S/C19H27NO/c1-6-16-8-10-17(11-9-16)21-15-14-20-18(2,3)12-7-13-19(20,4)5/h1,8-11H,7,12-15H2,2-5H3. The second-order valence-corrected chi connectivity index (χ2v) is 7.15. The first-order valence-corrected chi connectivity index (χ1v) is 7.82. The zero-order chi connectivity index (χ0) is 15.5. The largest absolute Gasteiger partial charge is 0.492 e. The number of likely N-dealkylation sites (tertiary alicyclic amines) is 1. The van der Waals surface area contributed by atoms with Gasteiger partial charge in [0.15, 0.2) is 0 Å². The van der Waals surface area contributed by atoms with Crippen molar-refractivity contribution in [3.8, 4) is 18.1 Å². The van der Waals surface area contributed by atoms with E-state index in [1.54, 1.807) is 0 Å². The van der Waals surface area contributed by atoms with E-state index in [-0.39, 0.29) is 11.1 Å². The number of hydrogen-bond acceptors (Lipinski definition) is 2. The van der Waals surface area contributed by atoms with Gasteiger partial charge < -0.3 is 4.74 Å². The van der Waals surface area contributed by atoms with Crippen molar-refractivity contribution >= 4 is 0 Å². The van der Waals surface area contributed by atoms with Gasteiger partial charge in [-0.05, 0) is 71.2 Å². The van der Waals surface area contributed by atoms with Crippen molar-refractivity contribution in [1.29, 1.82) is 0 Å². The average Bonchev–Trinajstić information content (AvgIpc) is 2.42. The Morgan fingerprint density at radius 2 is 1.67 bits per heavy atom. The van der Waals surface area contributed by atoms with Crippen LogP contribution in [0.1, 0.15) is 52.5 Å². The number of nitrogens with zero attached hydrogens (tertiary/aromatic N) is 1. The monoisotopic (exact) mass is 285 g/mol. The summed E-state index contributed by atoms with van der Waals surface area (Å²) in [5, 5.41) is 0. The number of benzene rings is 1. The summed E-state index contributed by atoms with van der Waals surface area (Å²) in [6.45, 7) is 11.0. The van der Waals surface area contributed by atoms with E-state index in [1.165, 1.54) is 19.3 Å². The van der Waals surface area contributed by atoms with Crippen LogP contribution in [0.2, 0.25) is 0 Å². The summed E-state index contributed by atoms with van der Waals surface area (Å²) in [6.07, 6.45) is 9.18. The quantitative estimate of drug-likeness (QED) is 0.773. The topological polar surface area (TPSA) is 12.5 Å². The third-order valence-corrected chi connectivity index (χ3v) is 4.64. The number of rotatable bonds is 4. The summed E-state index contributed by atoms with van der Waals surface area (Å²) in [4.78, 5) is 2.60. The maximum Gasteiger partial charge on any atom is 0.119 e. The van der Waals surface area contributed by atoms with E-state index in [0.717, 1.165) is 17.9 Å². The molecule has 1 aromatic carbocycles. The molecule has 2 heteroatoms. The van der Waals surface area contributed by atoms with Crippen LogP contribution in [-0.4, -0.2) is 29.1 Å². The number of piperidine rings is 1. The molecule has 0 spiro atoms. The van der Waals surface area contributed by atoms with E-state index >= 15 is 0 Å². The van der Waals surface area contributed by atoms with Gasteiger partial charge in [0.2, 0.25) is 0 Å². The molecule has 0 atom stereocenters. The lowest BCUT2D eigenvalue weighted by Crippen LogP contribution is -2.59. The Balaban J connectivity index is 1.93. The predicted octanol–water partition coefficient (Wildman–Crippen LogP) is 4.09. The lowest BCUT2D eigenvalue weighted by atomic mass is 9.80. The fourth-order valence-electron chi connectivity index (χ4n) is 3.55. The molecule has 1 heterocycles. The summed E-state index contributed by atoms with van der Waals surface area (Å²) in [5.74, 6) is 3.51. The number of hydrogen-bond donors (Lipinski definition) is 0. The Hall–Kier alpha value is -1.46. The van der Waals surface area contributed by atoms with E-state index in [4.69, 9.17) is 11.2 Å². The van der Waals surface area contributed by atoms with Gasteiger partial charge >= 0.3 is 0 Å². The zero-order valence-electron chi connectivity index (χ0n) is 13.8. The molecule has 0 amide bonds. The minimum absolute atomic E-state index is 0.248. The van der Waals surface area contributed by atoms with Gasteiger partial charge in [0.25, 0.3) is 0 Å². The Kier molecular flexibility index (Phi) is 4.64. The smallest absolute Gasteiger partial charge is 0.119 e. The summed E-state index contributed by atoms with van der Waals surface area (Å²) in [7, 11) is 0. The van der Waals surface area contributed by atoms with Crippen LogP contribution in [0, 0.1) is 12.3 Å². The van der Waals surface area contributed by atoms with Crippen LogP contribution in [0.15, 0.2) is 24.3 Å². The SMILES string of the molecule is C#Cc1ccc(OCCN2C(C)(C)CCCC2(C)C)cc1. The van der Waals surface area contributed by atoms with Gasteiger partial charge in [-0.25, -0.2) is 0 Å². The highest BCUT2D eigenvalue weighted by atomic mass is 16.5. The maximum atomic E-state index is 5.88. The van der Waals surface area contributed by atoms with E-state index in [2.05, 4.69) is 38.5 Å². The molecule has 0 unspecified atom stereocenters. The lowest BCUT2D eigenvalue weighted by molar-refractivity contribution is -0.0340. The van der Waals surface area contributed by atoms with Crippen LogP contribution in [-0.2, 0) is 0 Å². The van der Waals surface area contributed by atoms with Crippen LogP contribution in [0.25, 0.3) is 0 Å². The van der Waals surface area contributed by atoms with Crippen LogP contribution in [0.5, 0.6) is 5.75 Å². The van der Waals surface area contributed by atoms with Crippen molar-refractivity contribution in [1.82, 2.24) is 4.90 Å². The van der Waals surface area contributed by atoms with Crippen molar-refractivity contribution < 1.29 is 4.74 Å². The van der Waals surface area contributed by atoms with Crippen molar-refractivity contribution in [3.05, 3.63) is 29.8 Å². The maximum absolute atomic E-state index is 5.88. The molecule has 0 bridgehead atoms.